The van der Waals surface area contributed by atoms with Crippen LogP contribution in [0.3, 0.4) is 0 Å². The van der Waals surface area contributed by atoms with Gasteiger partial charge in [0, 0.05) is 0 Å². The topological polar surface area (TPSA) is 9.23 Å². The summed E-state index contributed by atoms with van der Waals surface area (Å²) in [6, 6.07) is 23.6. The van der Waals surface area contributed by atoms with Crippen molar-refractivity contribution in [1.29, 1.82) is 0 Å². The molecule has 1 nitrogen and oxygen atoms in total. The fourth-order valence-electron chi connectivity index (χ4n) is 3.51. The molecule has 0 aromatic heterocycles. The number of hydrogen-bond acceptors (Lipinski definition) is 1. The Balaban J connectivity index is 1.51. The zero-order valence-corrected chi connectivity index (χ0v) is 16.9. The van der Waals surface area contributed by atoms with Crippen molar-refractivity contribution in [2.24, 2.45) is 11.8 Å². The molecule has 27 heavy (non-hydrogen) atoms. The average Bonchev–Trinajstić information content (AvgIpc) is 2.68. The summed E-state index contributed by atoms with van der Waals surface area (Å²) in [6.07, 6.45) is 5.10. The molecule has 0 saturated carbocycles. The van der Waals surface area contributed by atoms with Crippen LogP contribution in [0.4, 0.5) is 0 Å². The molecule has 0 heterocycles. The molecule has 1 heteroatoms. The first-order valence-corrected chi connectivity index (χ1v) is 10.3. The fourth-order valence-corrected chi connectivity index (χ4v) is 3.51. The first-order chi connectivity index (χ1) is 13.1. The Labute approximate surface area is 164 Å². The molecular formula is C26H32O. The Bertz CT molecular complexity index is 832. The number of rotatable bonds is 9. The first kappa shape index (κ1) is 19.5. The van der Waals surface area contributed by atoms with E-state index in [0.29, 0.717) is 0 Å². The molecule has 1 atom stereocenters. The third kappa shape index (κ3) is 5.85. The lowest BCUT2D eigenvalue weighted by Gasteiger charge is -2.13. The van der Waals surface area contributed by atoms with E-state index in [1.807, 2.05) is 0 Å². The predicted octanol–water partition coefficient (Wildman–Crippen LogP) is 7.74. The number of benzene rings is 3. The largest absolute Gasteiger partial charge is 0.494 e. The molecule has 3 rings (SSSR count). The van der Waals surface area contributed by atoms with Crippen molar-refractivity contribution in [3.8, 4) is 16.9 Å². The Morgan fingerprint density at radius 2 is 1.41 bits per heavy atom. The second-order valence-corrected chi connectivity index (χ2v) is 8.15. The predicted molar refractivity (Wildman–Crippen MR) is 117 cm³/mol. The Kier molecular flexibility index (Phi) is 6.92. The molecule has 0 fully saturated rings. The zero-order chi connectivity index (χ0) is 19.1. The Hall–Kier alpha value is -2.28. The highest BCUT2D eigenvalue weighted by Crippen LogP contribution is 2.26. The van der Waals surface area contributed by atoms with Crippen LogP contribution in [0.15, 0.2) is 66.7 Å². The summed E-state index contributed by atoms with van der Waals surface area (Å²) in [5.41, 5.74) is 2.48. The van der Waals surface area contributed by atoms with E-state index in [0.717, 1.165) is 30.6 Å². The van der Waals surface area contributed by atoms with Crippen molar-refractivity contribution < 1.29 is 4.74 Å². The molecule has 0 saturated heterocycles. The molecule has 0 aliphatic heterocycles. The maximum atomic E-state index is 5.97. The van der Waals surface area contributed by atoms with E-state index in [1.54, 1.807) is 0 Å². The van der Waals surface area contributed by atoms with Crippen molar-refractivity contribution in [2.75, 3.05) is 6.61 Å². The second-order valence-electron chi connectivity index (χ2n) is 8.15. The molecule has 3 aromatic carbocycles. The van der Waals surface area contributed by atoms with E-state index >= 15 is 0 Å². The molecule has 3 aromatic rings. The van der Waals surface area contributed by atoms with E-state index in [2.05, 4.69) is 87.5 Å². The third-order valence-electron chi connectivity index (χ3n) is 5.29. The summed E-state index contributed by atoms with van der Waals surface area (Å²) < 4.78 is 5.97. The molecule has 0 amide bonds. The summed E-state index contributed by atoms with van der Waals surface area (Å²) >= 11 is 0. The Morgan fingerprint density at radius 3 is 2.15 bits per heavy atom. The van der Waals surface area contributed by atoms with Gasteiger partial charge >= 0.3 is 0 Å². The molecule has 0 N–H and O–H groups in total. The van der Waals surface area contributed by atoms with E-state index in [4.69, 9.17) is 4.74 Å². The van der Waals surface area contributed by atoms with Gasteiger partial charge in [0.1, 0.15) is 5.75 Å². The van der Waals surface area contributed by atoms with Crippen molar-refractivity contribution >= 4 is 10.8 Å². The molecule has 0 aliphatic rings. The lowest BCUT2D eigenvalue weighted by Crippen LogP contribution is -2.04. The minimum atomic E-state index is 0.737. The molecule has 1 unspecified atom stereocenters. The van der Waals surface area contributed by atoms with Gasteiger partial charge in [0.2, 0.25) is 0 Å². The average molecular weight is 361 g/mol. The highest BCUT2D eigenvalue weighted by atomic mass is 16.5. The van der Waals surface area contributed by atoms with Crippen molar-refractivity contribution in [2.45, 2.75) is 46.5 Å². The van der Waals surface area contributed by atoms with Gasteiger partial charge in [-0.2, -0.15) is 0 Å². The van der Waals surface area contributed by atoms with Gasteiger partial charge in [0.15, 0.2) is 0 Å². The molecule has 0 spiro atoms. The number of hydrogen-bond donors (Lipinski definition) is 0. The highest BCUT2D eigenvalue weighted by Gasteiger charge is 2.05. The molecule has 0 aliphatic carbocycles. The smallest absolute Gasteiger partial charge is 0.119 e. The summed E-state index contributed by atoms with van der Waals surface area (Å²) in [5, 5.41) is 2.56. The van der Waals surface area contributed by atoms with Crippen LogP contribution >= 0.6 is 0 Å². The van der Waals surface area contributed by atoms with Crippen molar-refractivity contribution in [3.63, 3.8) is 0 Å². The quantitative estimate of drug-likeness (QED) is 0.379. The second kappa shape index (κ2) is 9.60. The van der Waals surface area contributed by atoms with Crippen LogP contribution in [-0.4, -0.2) is 6.61 Å². The summed E-state index contributed by atoms with van der Waals surface area (Å²) in [7, 11) is 0. The lowest BCUT2D eigenvalue weighted by atomic mass is 9.98. The number of ether oxygens (including phenoxy) is 1. The zero-order valence-electron chi connectivity index (χ0n) is 16.9. The normalized spacial score (nSPS) is 12.4. The van der Waals surface area contributed by atoms with Crippen molar-refractivity contribution in [3.05, 3.63) is 66.7 Å². The fraction of sp³-hybridized carbons (Fsp3) is 0.385. The van der Waals surface area contributed by atoms with E-state index < -0.39 is 0 Å². The SMILES string of the molecule is CC(C)CCCC(C)CCOc1ccc(-c2ccc3ccccc3c2)cc1. The lowest BCUT2D eigenvalue weighted by molar-refractivity contribution is 0.276. The van der Waals surface area contributed by atoms with Crippen LogP contribution in [0.5, 0.6) is 5.75 Å². The Morgan fingerprint density at radius 1 is 0.704 bits per heavy atom. The van der Waals surface area contributed by atoms with Gasteiger partial charge in [-0.05, 0) is 58.4 Å². The van der Waals surface area contributed by atoms with Gasteiger partial charge in [-0.15, -0.1) is 0 Å². The van der Waals surface area contributed by atoms with E-state index in [1.165, 1.54) is 41.2 Å². The van der Waals surface area contributed by atoms with Gasteiger partial charge < -0.3 is 4.74 Å². The van der Waals surface area contributed by atoms with Gasteiger partial charge in [-0.1, -0.05) is 88.6 Å². The maximum Gasteiger partial charge on any atom is 0.119 e. The standard InChI is InChI=1S/C26H32O/c1-20(2)7-6-8-21(3)17-18-27-26-15-13-23(14-16-26)25-12-11-22-9-4-5-10-24(22)19-25/h4-5,9-16,19-21H,6-8,17-18H2,1-3H3. The molecule has 0 bridgehead atoms. The monoisotopic (exact) mass is 360 g/mol. The van der Waals surface area contributed by atoms with Gasteiger partial charge in [0.25, 0.3) is 0 Å². The molecule has 0 radical (unpaired) electrons. The van der Waals surface area contributed by atoms with E-state index in [-0.39, 0.29) is 0 Å². The highest BCUT2D eigenvalue weighted by molar-refractivity contribution is 5.87. The number of fused-ring (bicyclic) bond motifs is 1. The van der Waals surface area contributed by atoms with Crippen LogP contribution in [0.2, 0.25) is 0 Å². The van der Waals surface area contributed by atoms with Gasteiger partial charge in [-0.3, -0.25) is 0 Å². The maximum absolute atomic E-state index is 5.97. The van der Waals surface area contributed by atoms with Crippen LogP contribution < -0.4 is 4.74 Å². The summed E-state index contributed by atoms with van der Waals surface area (Å²) in [6.45, 7) is 7.75. The molecular weight excluding hydrogens is 328 g/mol. The minimum absolute atomic E-state index is 0.737. The van der Waals surface area contributed by atoms with Crippen LogP contribution in [0.25, 0.3) is 21.9 Å². The van der Waals surface area contributed by atoms with Crippen LogP contribution in [0, 0.1) is 11.8 Å². The van der Waals surface area contributed by atoms with Gasteiger partial charge in [-0.25, -0.2) is 0 Å². The van der Waals surface area contributed by atoms with Crippen molar-refractivity contribution in [1.82, 2.24) is 0 Å². The van der Waals surface area contributed by atoms with E-state index in [9.17, 15) is 0 Å². The first-order valence-electron chi connectivity index (χ1n) is 10.3. The van der Waals surface area contributed by atoms with Gasteiger partial charge in [0.05, 0.1) is 6.61 Å². The molecule has 142 valence electrons. The summed E-state index contributed by atoms with van der Waals surface area (Å²) in [5.74, 6) is 2.52. The third-order valence-corrected chi connectivity index (χ3v) is 5.29. The van der Waals surface area contributed by atoms with Crippen LogP contribution in [-0.2, 0) is 0 Å². The van der Waals surface area contributed by atoms with Crippen LogP contribution in [0.1, 0.15) is 46.5 Å². The minimum Gasteiger partial charge on any atom is -0.494 e. The summed E-state index contributed by atoms with van der Waals surface area (Å²) in [4.78, 5) is 0.